The van der Waals surface area contributed by atoms with E-state index >= 15 is 0 Å². The first kappa shape index (κ1) is 32.9. The van der Waals surface area contributed by atoms with Crippen LogP contribution in [0, 0.1) is 0 Å². The van der Waals surface area contributed by atoms with Crippen molar-refractivity contribution in [2.24, 2.45) is 0 Å². The van der Waals surface area contributed by atoms with Crippen molar-refractivity contribution in [3.8, 4) is 0 Å². The van der Waals surface area contributed by atoms with E-state index in [2.05, 4.69) is 21.0 Å². The molecule has 0 amide bonds. The van der Waals surface area contributed by atoms with E-state index in [4.69, 9.17) is 9.84 Å². The number of carboxylic acids is 1. The van der Waals surface area contributed by atoms with Gasteiger partial charge in [0.05, 0.1) is 20.6 Å². The zero-order valence-electron chi connectivity index (χ0n) is 23.3. The van der Waals surface area contributed by atoms with Crippen LogP contribution in [-0.4, -0.2) is 54.8 Å². The number of hydrogen-bond acceptors (Lipinski definition) is 3. The van der Waals surface area contributed by atoms with E-state index in [0.717, 1.165) is 49.7 Å². The molecule has 0 saturated heterocycles. The second kappa shape index (κ2) is 22.4. The van der Waals surface area contributed by atoms with Crippen molar-refractivity contribution in [2.45, 2.75) is 148 Å². The minimum Gasteiger partial charge on any atom is -0.481 e. The molecule has 0 bridgehead atoms. The molecular formula is C29H58NO4+. The summed E-state index contributed by atoms with van der Waals surface area (Å²) in [5, 5.41) is 8.77. The van der Waals surface area contributed by atoms with Crippen molar-refractivity contribution < 1.29 is 23.9 Å². The summed E-state index contributed by atoms with van der Waals surface area (Å²) in [6, 6.07) is 0. The number of aliphatic carboxylic acids is 1. The molecule has 0 aliphatic carbocycles. The van der Waals surface area contributed by atoms with Crippen LogP contribution in [0.25, 0.3) is 0 Å². The Bertz CT molecular complexity index is 493. The fourth-order valence-electron chi connectivity index (χ4n) is 4.66. The summed E-state index contributed by atoms with van der Waals surface area (Å²) < 4.78 is 6.59. The molecule has 0 aliphatic rings. The Balaban J connectivity index is 3.94. The summed E-state index contributed by atoms with van der Waals surface area (Å²) in [4.78, 5) is 22.6. The van der Waals surface area contributed by atoms with E-state index in [1.165, 1.54) is 83.5 Å². The van der Waals surface area contributed by atoms with E-state index in [1.807, 2.05) is 6.92 Å². The SMILES string of the molecule is CCCCCCCCCCCCCCCCC(C[N+](C)(C)CCCCCC(=O)O)OC(=O)CC. The molecule has 0 spiro atoms. The van der Waals surface area contributed by atoms with Crippen LogP contribution in [0.5, 0.6) is 0 Å². The summed E-state index contributed by atoms with van der Waals surface area (Å²) in [6.45, 7) is 5.95. The van der Waals surface area contributed by atoms with Gasteiger partial charge >= 0.3 is 11.9 Å². The van der Waals surface area contributed by atoms with Gasteiger partial charge in [0.1, 0.15) is 6.54 Å². The maximum absolute atomic E-state index is 11.9. The molecule has 5 nitrogen and oxygen atoms in total. The Morgan fingerprint density at radius 1 is 0.706 bits per heavy atom. The van der Waals surface area contributed by atoms with E-state index in [9.17, 15) is 9.59 Å². The van der Waals surface area contributed by atoms with Crippen molar-refractivity contribution in [1.29, 1.82) is 0 Å². The zero-order valence-corrected chi connectivity index (χ0v) is 23.3. The lowest BCUT2D eigenvalue weighted by atomic mass is 10.0. The van der Waals surface area contributed by atoms with Crippen LogP contribution in [0.15, 0.2) is 0 Å². The Kier molecular flexibility index (Phi) is 21.6. The molecule has 34 heavy (non-hydrogen) atoms. The van der Waals surface area contributed by atoms with Gasteiger partial charge in [0.25, 0.3) is 0 Å². The van der Waals surface area contributed by atoms with E-state index in [-0.39, 0.29) is 18.5 Å². The molecule has 0 heterocycles. The van der Waals surface area contributed by atoms with Crippen molar-refractivity contribution in [3.05, 3.63) is 0 Å². The van der Waals surface area contributed by atoms with E-state index in [1.54, 1.807) is 0 Å². The summed E-state index contributed by atoms with van der Waals surface area (Å²) >= 11 is 0. The molecular weight excluding hydrogens is 426 g/mol. The van der Waals surface area contributed by atoms with Gasteiger partial charge in [-0.05, 0) is 32.1 Å². The smallest absolute Gasteiger partial charge is 0.305 e. The molecule has 1 atom stereocenters. The molecule has 0 saturated carbocycles. The highest BCUT2D eigenvalue weighted by Gasteiger charge is 2.24. The molecule has 0 fully saturated rings. The second-order valence-electron chi connectivity index (χ2n) is 10.9. The molecule has 1 unspecified atom stereocenters. The number of quaternary nitrogens is 1. The molecule has 0 radical (unpaired) electrons. The fourth-order valence-corrected chi connectivity index (χ4v) is 4.66. The Labute approximate surface area is 211 Å². The topological polar surface area (TPSA) is 63.6 Å². The molecule has 0 aromatic heterocycles. The average molecular weight is 485 g/mol. The van der Waals surface area contributed by atoms with Gasteiger partial charge in [0.15, 0.2) is 6.10 Å². The van der Waals surface area contributed by atoms with Gasteiger partial charge in [-0.1, -0.05) is 97.3 Å². The summed E-state index contributed by atoms with van der Waals surface area (Å²) in [6.07, 6.45) is 23.2. The van der Waals surface area contributed by atoms with Crippen LogP contribution < -0.4 is 0 Å². The number of unbranched alkanes of at least 4 members (excludes halogenated alkanes) is 15. The van der Waals surface area contributed by atoms with Crippen LogP contribution >= 0.6 is 0 Å². The van der Waals surface area contributed by atoms with Gasteiger partial charge in [-0.3, -0.25) is 9.59 Å². The lowest BCUT2D eigenvalue weighted by Gasteiger charge is -2.33. The minimum atomic E-state index is -0.714. The molecule has 202 valence electrons. The standard InChI is InChI=1S/C29H57NO4/c1-5-7-8-9-10-11-12-13-14-15-16-17-18-20-23-27(34-29(33)6-2)26-30(3,4)25-22-19-21-24-28(31)32/h27H,5-26H2,1-4H3/p+1. The Hall–Kier alpha value is -1.10. The van der Waals surface area contributed by atoms with Crippen LogP contribution in [0.4, 0.5) is 0 Å². The van der Waals surface area contributed by atoms with E-state index in [0.29, 0.717) is 6.42 Å². The maximum Gasteiger partial charge on any atom is 0.305 e. The van der Waals surface area contributed by atoms with E-state index < -0.39 is 5.97 Å². The number of ether oxygens (including phenoxy) is 1. The predicted octanol–water partition coefficient (Wildman–Crippen LogP) is 7.90. The Morgan fingerprint density at radius 3 is 1.65 bits per heavy atom. The van der Waals surface area contributed by atoms with Crippen LogP contribution in [0.2, 0.25) is 0 Å². The summed E-state index contributed by atoms with van der Waals surface area (Å²) in [5.74, 6) is -0.815. The van der Waals surface area contributed by atoms with Gasteiger partial charge < -0.3 is 14.3 Å². The number of likely N-dealkylation sites (N-methyl/N-ethyl adjacent to an activating group) is 1. The number of hydrogen-bond donors (Lipinski definition) is 1. The first-order valence-corrected chi connectivity index (χ1v) is 14.5. The third kappa shape index (κ3) is 22.7. The first-order chi connectivity index (χ1) is 16.3. The lowest BCUT2D eigenvalue weighted by Crippen LogP contribution is -2.47. The highest BCUT2D eigenvalue weighted by Crippen LogP contribution is 2.17. The molecule has 5 heteroatoms. The highest BCUT2D eigenvalue weighted by atomic mass is 16.5. The fraction of sp³-hybridized carbons (Fsp3) is 0.931. The van der Waals surface area contributed by atoms with Gasteiger partial charge in [-0.15, -0.1) is 0 Å². The maximum atomic E-state index is 11.9. The zero-order chi connectivity index (χ0) is 25.5. The van der Waals surface area contributed by atoms with Gasteiger partial charge in [-0.2, -0.15) is 0 Å². The van der Waals surface area contributed by atoms with Crippen molar-refractivity contribution in [1.82, 2.24) is 0 Å². The highest BCUT2D eigenvalue weighted by molar-refractivity contribution is 5.69. The number of rotatable bonds is 25. The van der Waals surface area contributed by atoms with Crippen molar-refractivity contribution in [3.63, 3.8) is 0 Å². The lowest BCUT2D eigenvalue weighted by molar-refractivity contribution is -0.893. The summed E-state index contributed by atoms with van der Waals surface area (Å²) in [7, 11) is 4.38. The normalized spacial score (nSPS) is 12.6. The number of carbonyl (C=O) groups is 2. The number of nitrogens with zero attached hydrogens (tertiary/aromatic N) is 1. The van der Waals surface area contributed by atoms with Crippen molar-refractivity contribution >= 4 is 11.9 Å². The monoisotopic (exact) mass is 484 g/mol. The summed E-state index contributed by atoms with van der Waals surface area (Å²) in [5.41, 5.74) is 0. The molecule has 1 N–H and O–H groups in total. The van der Waals surface area contributed by atoms with Crippen molar-refractivity contribution in [2.75, 3.05) is 27.2 Å². The average Bonchev–Trinajstić information content (AvgIpc) is 2.78. The first-order valence-electron chi connectivity index (χ1n) is 14.5. The number of esters is 1. The molecule has 0 aromatic carbocycles. The number of carboxylic acid groups (broad SMARTS) is 1. The molecule has 0 rings (SSSR count). The minimum absolute atomic E-state index is 0.0150. The Morgan fingerprint density at radius 2 is 1.18 bits per heavy atom. The molecule has 0 aromatic rings. The predicted molar refractivity (Wildman–Crippen MR) is 143 cm³/mol. The van der Waals surface area contributed by atoms with Crippen LogP contribution in [-0.2, 0) is 14.3 Å². The van der Waals surface area contributed by atoms with Gasteiger partial charge in [0, 0.05) is 12.8 Å². The second-order valence-corrected chi connectivity index (χ2v) is 10.9. The van der Waals surface area contributed by atoms with Crippen LogP contribution in [0.1, 0.15) is 142 Å². The largest absolute Gasteiger partial charge is 0.481 e. The van der Waals surface area contributed by atoms with Crippen LogP contribution in [0.3, 0.4) is 0 Å². The van der Waals surface area contributed by atoms with Gasteiger partial charge in [0.2, 0.25) is 0 Å². The number of carbonyl (C=O) groups excluding carboxylic acids is 1. The third-order valence-corrected chi connectivity index (χ3v) is 6.82. The molecule has 0 aliphatic heterocycles. The third-order valence-electron chi connectivity index (χ3n) is 6.82. The quantitative estimate of drug-likeness (QED) is 0.0812. The van der Waals surface area contributed by atoms with Gasteiger partial charge in [-0.25, -0.2) is 0 Å².